The zero-order chi connectivity index (χ0) is 17.6. The standard InChI is InChI=1S/C18H26N4O3/c1-19-18(24)15-11-22(10-13-3-2-6-20-9-13)12-16(15)21-17(23)14-4-7-25-8-5-14/h2-3,6,9,14-16H,4-5,7-8,10-12H2,1H3,(H,19,24)(H,21,23)/t15-,16-/m0/s1. The first-order valence-electron chi connectivity index (χ1n) is 8.88. The molecule has 0 bridgehead atoms. The number of nitrogens with zero attached hydrogens (tertiary/aromatic N) is 2. The zero-order valence-electron chi connectivity index (χ0n) is 14.6. The lowest BCUT2D eigenvalue weighted by Crippen LogP contribution is -2.48. The van der Waals surface area contributed by atoms with Gasteiger partial charge in [0.25, 0.3) is 0 Å². The van der Waals surface area contributed by atoms with Crippen LogP contribution in [-0.4, -0.2) is 61.1 Å². The third kappa shape index (κ3) is 4.55. The summed E-state index contributed by atoms with van der Waals surface area (Å²) in [5.74, 6) is -0.215. The minimum absolute atomic E-state index is 0.00791. The van der Waals surface area contributed by atoms with E-state index in [1.807, 2.05) is 18.3 Å². The molecule has 2 fully saturated rings. The molecule has 2 saturated heterocycles. The number of hydrogen-bond acceptors (Lipinski definition) is 5. The fourth-order valence-electron chi connectivity index (χ4n) is 3.62. The minimum Gasteiger partial charge on any atom is -0.381 e. The molecule has 7 nitrogen and oxygen atoms in total. The second kappa shape index (κ2) is 8.40. The summed E-state index contributed by atoms with van der Waals surface area (Å²) in [5.41, 5.74) is 1.11. The van der Waals surface area contributed by atoms with E-state index in [0.717, 1.165) is 24.9 Å². The molecule has 0 aliphatic carbocycles. The molecule has 3 rings (SSSR count). The third-order valence-corrected chi connectivity index (χ3v) is 5.03. The SMILES string of the molecule is CNC(=O)[C@H]1CN(Cc2cccnc2)C[C@@H]1NC(=O)C1CCOCC1. The quantitative estimate of drug-likeness (QED) is 0.794. The molecule has 2 N–H and O–H groups in total. The summed E-state index contributed by atoms with van der Waals surface area (Å²) in [5, 5.41) is 5.84. The Kier molecular flexibility index (Phi) is 5.99. The molecule has 0 unspecified atom stereocenters. The maximum atomic E-state index is 12.5. The van der Waals surface area contributed by atoms with Gasteiger partial charge in [-0.1, -0.05) is 6.07 Å². The Hall–Kier alpha value is -1.99. The first-order chi connectivity index (χ1) is 12.2. The molecule has 0 saturated carbocycles. The van der Waals surface area contributed by atoms with Gasteiger partial charge in [0.05, 0.1) is 12.0 Å². The van der Waals surface area contributed by atoms with Gasteiger partial charge in [-0.05, 0) is 24.5 Å². The van der Waals surface area contributed by atoms with Crippen molar-refractivity contribution in [2.45, 2.75) is 25.4 Å². The van der Waals surface area contributed by atoms with E-state index in [1.54, 1.807) is 13.2 Å². The molecule has 1 aromatic rings. The molecule has 25 heavy (non-hydrogen) atoms. The Morgan fingerprint density at radius 1 is 1.28 bits per heavy atom. The third-order valence-electron chi connectivity index (χ3n) is 5.03. The van der Waals surface area contributed by atoms with Crippen molar-refractivity contribution in [1.29, 1.82) is 0 Å². The number of rotatable bonds is 5. The van der Waals surface area contributed by atoms with Crippen LogP contribution in [0.5, 0.6) is 0 Å². The van der Waals surface area contributed by atoms with Crippen molar-refractivity contribution in [3.05, 3.63) is 30.1 Å². The van der Waals surface area contributed by atoms with Crippen molar-refractivity contribution < 1.29 is 14.3 Å². The average molecular weight is 346 g/mol. The number of hydrogen-bond donors (Lipinski definition) is 2. The molecule has 2 aliphatic heterocycles. The zero-order valence-corrected chi connectivity index (χ0v) is 14.6. The van der Waals surface area contributed by atoms with Gasteiger partial charge < -0.3 is 15.4 Å². The molecule has 0 radical (unpaired) electrons. The van der Waals surface area contributed by atoms with Crippen LogP contribution in [0.15, 0.2) is 24.5 Å². The van der Waals surface area contributed by atoms with Crippen molar-refractivity contribution in [1.82, 2.24) is 20.5 Å². The maximum absolute atomic E-state index is 12.5. The molecule has 2 amide bonds. The number of carbonyl (C=O) groups excluding carboxylic acids is 2. The Bertz CT molecular complexity index is 589. The van der Waals surface area contributed by atoms with Gasteiger partial charge in [-0.2, -0.15) is 0 Å². The minimum atomic E-state index is -0.231. The van der Waals surface area contributed by atoms with E-state index in [-0.39, 0.29) is 29.7 Å². The van der Waals surface area contributed by atoms with Crippen LogP contribution in [0.2, 0.25) is 0 Å². The van der Waals surface area contributed by atoms with Gasteiger partial charge in [-0.15, -0.1) is 0 Å². The van der Waals surface area contributed by atoms with Crippen molar-refractivity contribution in [2.24, 2.45) is 11.8 Å². The predicted molar refractivity (Wildman–Crippen MR) is 92.5 cm³/mol. The molecule has 0 spiro atoms. The summed E-state index contributed by atoms with van der Waals surface area (Å²) >= 11 is 0. The molecule has 136 valence electrons. The summed E-state index contributed by atoms with van der Waals surface area (Å²) in [4.78, 5) is 31.1. The van der Waals surface area contributed by atoms with Gasteiger partial charge in [-0.25, -0.2) is 0 Å². The first kappa shape index (κ1) is 17.8. The number of likely N-dealkylation sites (tertiary alicyclic amines) is 1. The highest BCUT2D eigenvalue weighted by Gasteiger charge is 2.39. The Morgan fingerprint density at radius 2 is 2.08 bits per heavy atom. The smallest absolute Gasteiger partial charge is 0.226 e. The number of nitrogens with one attached hydrogen (secondary N) is 2. The van der Waals surface area contributed by atoms with Crippen LogP contribution in [0, 0.1) is 11.8 Å². The lowest BCUT2D eigenvalue weighted by Gasteiger charge is -2.25. The van der Waals surface area contributed by atoms with Gasteiger partial charge in [0, 0.05) is 58.2 Å². The van der Waals surface area contributed by atoms with Crippen LogP contribution in [0.4, 0.5) is 0 Å². The van der Waals surface area contributed by atoms with Crippen LogP contribution >= 0.6 is 0 Å². The van der Waals surface area contributed by atoms with Crippen LogP contribution in [0.1, 0.15) is 18.4 Å². The molecular formula is C18H26N4O3. The van der Waals surface area contributed by atoms with Crippen molar-refractivity contribution in [3.8, 4) is 0 Å². The fourth-order valence-corrected chi connectivity index (χ4v) is 3.62. The van der Waals surface area contributed by atoms with E-state index < -0.39 is 0 Å². The van der Waals surface area contributed by atoms with Crippen LogP contribution in [0.25, 0.3) is 0 Å². The van der Waals surface area contributed by atoms with E-state index in [2.05, 4.69) is 20.5 Å². The highest BCUT2D eigenvalue weighted by molar-refractivity contribution is 5.83. The maximum Gasteiger partial charge on any atom is 0.226 e. The Balaban J connectivity index is 1.63. The van der Waals surface area contributed by atoms with Crippen LogP contribution in [-0.2, 0) is 20.9 Å². The highest BCUT2D eigenvalue weighted by Crippen LogP contribution is 2.22. The summed E-state index contributed by atoms with van der Waals surface area (Å²) in [7, 11) is 1.64. The predicted octanol–water partition coefficient (Wildman–Crippen LogP) is 0.171. The second-order valence-corrected chi connectivity index (χ2v) is 6.78. The van der Waals surface area contributed by atoms with Crippen LogP contribution < -0.4 is 10.6 Å². The second-order valence-electron chi connectivity index (χ2n) is 6.78. The van der Waals surface area contributed by atoms with Crippen molar-refractivity contribution in [2.75, 3.05) is 33.4 Å². The van der Waals surface area contributed by atoms with E-state index in [1.165, 1.54) is 0 Å². The van der Waals surface area contributed by atoms with E-state index in [9.17, 15) is 9.59 Å². The number of amides is 2. The van der Waals surface area contributed by atoms with Gasteiger partial charge in [0.15, 0.2) is 0 Å². The molecule has 2 aliphatic rings. The van der Waals surface area contributed by atoms with Gasteiger partial charge >= 0.3 is 0 Å². The first-order valence-corrected chi connectivity index (χ1v) is 8.88. The summed E-state index contributed by atoms with van der Waals surface area (Å²) in [6.45, 7) is 3.30. The Morgan fingerprint density at radius 3 is 2.76 bits per heavy atom. The molecular weight excluding hydrogens is 320 g/mol. The average Bonchev–Trinajstić information content (AvgIpc) is 3.04. The van der Waals surface area contributed by atoms with Gasteiger partial charge in [0.1, 0.15) is 0 Å². The number of carbonyl (C=O) groups is 2. The summed E-state index contributed by atoms with van der Waals surface area (Å²) in [6, 6.07) is 3.77. The molecule has 0 aromatic carbocycles. The normalized spacial score (nSPS) is 24.8. The van der Waals surface area contributed by atoms with Crippen LogP contribution in [0.3, 0.4) is 0 Å². The largest absolute Gasteiger partial charge is 0.381 e. The van der Waals surface area contributed by atoms with E-state index in [4.69, 9.17) is 4.74 Å². The number of ether oxygens (including phenoxy) is 1. The number of aromatic nitrogens is 1. The number of pyridine rings is 1. The van der Waals surface area contributed by atoms with Gasteiger partial charge in [0.2, 0.25) is 11.8 Å². The lowest BCUT2D eigenvalue weighted by molar-refractivity contribution is -0.129. The topological polar surface area (TPSA) is 83.6 Å². The van der Waals surface area contributed by atoms with Crippen molar-refractivity contribution >= 4 is 11.8 Å². The summed E-state index contributed by atoms with van der Waals surface area (Å²) in [6.07, 6.45) is 5.09. The lowest BCUT2D eigenvalue weighted by atomic mass is 9.97. The molecule has 1 aromatic heterocycles. The fraction of sp³-hybridized carbons (Fsp3) is 0.611. The van der Waals surface area contributed by atoms with Gasteiger partial charge in [-0.3, -0.25) is 19.5 Å². The summed E-state index contributed by atoms with van der Waals surface area (Å²) < 4.78 is 5.32. The molecule has 3 heterocycles. The van der Waals surface area contributed by atoms with E-state index in [0.29, 0.717) is 26.3 Å². The van der Waals surface area contributed by atoms with E-state index >= 15 is 0 Å². The Labute approximate surface area is 148 Å². The highest BCUT2D eigenvalue weighted by atomic mass is 16.5. The molecule has 7 heteroatoms. The monoisotopic (exact) mass is 346 g/mol. The van der Waals surface area contributed by atoms with Crippen molar-refractivity contribution in [3.63, 3.8) is 0 Å². The molecule has 2 atom stereocenters.